The van der Waals surface area contributed by atoms with Crippen molar-refractivity contribution < 1.29 is 9.47 Å². The molecule has 4 nitrogen and oxygen atoms in total. The predicted molar refractivity (Wildman–Crippen MR) is 149 cm³/mol. The van der Waals surface area contributed by atoms with E-state index in [9.17, 15) is 0 Å². The third-order valence-electron chi connectivity index (χ3n) is 5.73. The summed E-state index contributed by atoms with van der Waals surface area (Å²) in [6.07, 6.45) is 0. The van der Waals surface area contributed by atoms with E-state index < -0.39 is 0 Å². The number of nitrogens with one attached hydrogen (secondary N) is 1. The molecule has 0 spiro atoms. The first-order chi connectivity index (χ1) is 17.1. The minimum atomic E-state index is 0.488. The molecule has 1 heterocycles. The zero-order valence-corrected chi connectivity index (χ0v) is 21.9. The predicted octanol–water partition coefficient (Wildman–Crippen LogP) is 8.23. The van der Waals surface area contributed by atoms with Gasteiger partial charge in [0.1, 0.15) is 11.6 Å². The fourth-order valence-electron chi connectivity index (χ4n) is 3.80. The number of thiazole rings is 1. The summed E-state index contributed by atoms with van der Waals surface area (Å²) in [5.74, 6) is 1.42. The molecule has 5 aromatic rings. The molecule has 0 fully saturated rings. The first-order valence-electron chi connectivity index (χ1n) is 11.3. The molecule has 0 aliphatic carbocycles. The van der Waals surface area contributed by atoms with Crippen molar-refractivity contribution in [1.29, 1.82) is 0 Å². The van der Waals surface area contributed by atoms with Crippen LogP contribution in [0.5, 0.6) is 11.5 Å². The van der Waals surface area contributed by atoms with Crippen LogP contribution in [0.2, 0.25) is 0 Å². The zero-order chi connectivity index (χ0) is 24.2. The van der Waals surface area contributed by atoms with E-state index in [0.29, 0.717) is 24.7 Å². The third kappa shape index (κ3) is 5.50. The van der Waals surface area contributed by atoms with Crippen molar-refractivity contribution in [3.63, 3.8) is 0 Å². The van der Waals surface area contributed by atoms with Gasteiger partial charge in [0, 0.05) is 22.3 Å². The Balaban J connectivity index is 1.26. The third-order valence-corrected chi connectivity index (χ3v) is 7.53. The molecule has 4 aromatic carbocycles. The quantitative estimate of drug-likeness (QED) is 0.213. The maximum atomic E-state index is 6.02. The number of anilines is 1. The van der Waals surface area contributed by atoms with E-state index in [0.717, 1.165) is 37.4 Å². The van der Waals surface area contributed by atoms with E-state index in [-0.39, 0.29) is 0 Å². The van der Waals surface area contributed by atoms with Crippen LogP contribution in [0, 0.1) is 6.92 Å². The summed E-state index contributed by atoms with van der Waals surface area (Å²) in [6.45, 7) is 3.25. The summed E-state index contributed by atoms with van der Waals surface area (Å²) in [7, 11) is 1.66. The lowest BCUT2D eigenvalue weighted by molar-refractivity contribution is 0.284. The number of rotatable bonds is 8. The number of aryl methyl sites for hydroxylation is 1. The summed E-state index contributed by atoms with van der Waals surface area (Å²) in [5.41, 5.74) is 6.66. The van der Waals surface area contributed by atoms with Gasteiger partial charge in [-0.25, -0.2) is 4.98 Å². The molecule has 5 rings (SSSR count). The Hall–Kier alpha value is -3.35. The molecule has 1 N–H and O–H groups in total. The number of ether oxygens (including phenoxy) is 2. The normalized spacial score (nSPS) is 10.9. The number of fused-ring (bicyclic) bond motifs is 1. The molecule has 0 saturated heterocycles. The molecule has 0 saturated carbocycles. The van der Waals surface area contributed by atoms with Crippen molar-refractivity contribution in [2.75, 3.05) is 12.4 Å². The summed E-state index contributed by atoms with van der Waals surface area (Å²) in [5, 5.41) is 4.54. The van der Waals surface area contributed by atoms with Crippen LogP contribution >= 0.6 is 27.3 Å². The standard InChI is InChI=1S/C29H25BrN2O2S/c1-19-8-13-25-28(14-19)35-29(32-25)21-9-11-23(12-10-21)31-17-22-15-26(33-2)27(16-24(22)30)34-18-20-6-4-3-5-7-20/h3-16,31H,17-18H2,1-2H3. The summed E-state index contributed by atoms with van der Waals surface area (Å²) in [6, 6.07) is 28.9. The Bertz CT molecular complexity index is 1450. The van der Waals surface area contributed by atoms with Crippen LogP contribution in [-0.4, -0.2) is 12.1 Å². The second-order valence-electron chi connectivity index (χ2n) is 8.29. The van der Waals surface area contributed by atoms with Gasteiger partial charge in [0.05, 0.1) is 17.3 Å². The molecule has 176 valence electrons. The van der Waals surface area contributed by atoms with Crippen LogP contribution in [0.15, 0.2) is 89.4 Å². The van der Waals surface area contributed by atoms with Crippen LogP contribution in [0.4, 0.5) is 5.69 Å². The Morgan fingerprint density at radius 3 is 2.49 bits per heavy atom. The van der Waals surface area contributed by atoms with E-state index in [1.807, 2.05) is 42.5 Å². The van der Waals surface area contributed by atoms with E-state index >= 15 is 0 Å². The SMILES string of the molecule is COc1cc(CNc2ccc(-c3nc4ccc(C)cc4s3)cc2)c(Br)cc1OCc1ccccc1. The van der Waals surface area contributed by atoms with Gasteiger partial charge in [0.25, 0.3) is 0 Å². The Morgan fingerprint density at radius 1 is 0.914 bits per heavy atom. The number of benzene rings is 4. The van der Waals surface area contributed by atoms with Gasteiger partial charge in [0.2, 0.25) is 0 Å². The smallest absolute Gasteiger partial charge is 0.162 e. The lowest BCUT2D eigenvalue weighted by Gasteiger charge is -2.15. The van der Waals surface area contributed by atoms with Crippen molar-refractivity contribution in [2.45, 2.75) is 20.1 Å². The average Bonchev–Trinajstić information content (AvgIpc) is 3.31. The maximum absolute atomic E-state index is 6.02. The van der Waals surface area contributed by atoms with E-state index in [2.05, 4.69) is 70.6 Å². The molecule has 0 amide bonds. The molecular formula is C29H25BrN2O2S. The van der Waals surface area contributed by atoms with Gasteiger partial charge in [-0.1, -0.05) is 52.3 Å². The number of hydrogen-bond acceptors (Lipinski definition) is 5. The van der Waals surface area contributed by atoms with Gasteiger partial charge < -0.3 is 14.8 Å². The molecule has 0 aliphatic rings. The minimum absolute atomic E-state index is 0.488. The number of nitrogens with zero attached hydrogens (tertiary/aromatic N) is 1. The van der Waals surface area contributed by atoms with Crippen LogP contribution in [0.1, 0.15) is 16.7 Å². The monoisotopic (exact) mass is 544 g/mol. The number of aromatic nitrogens is 1. The lowest BCUT2D eigenvalue weighted by atomic mass is 10.1. The van der Waals surface area contributed by atoms with E-state index in [1.165, 1.54) is 10.3 Å². The van der Waals surface area contributed by atoms with Crippen molar-refractivity contribution in [3.8, 4) is 22.1 Å². The van der Waals surface area contributed by atoms with Crippen LogP contribution in [0.25, 0.3) is 20.8 Å². The molecule has 1 aromatic heterocycles. The number of halogens is 1. The van der Waals surface area contributed by atoms with Crippen LogP contribution < -0.4 is 14.8 Å². The average molecular weight is 546 g/mol. The Labute approximate surface area is 217 Å². The van der Waals surface area contributed by atoms with Crippen molar-refractivity contribution in [2.24, 2.45) is 0 Å². The van der Waals surface area contributed by atoms with E-state index in [1.54, 1.807) is 18.4 Å². The molecule has 0 aliphatic heterocycles. The van der Waals surface area contributed by atoms with Gasteiger partial charge in [-0.15, -0.1) is 11.3 Å². The van der Waals surface area contributed by atoms with Gasteiger partial charge >= 0.3 is 0 Å². The lowest BCUT2D eigenvalue weighted by Crippen LogP contribution is -2.03. The largest absolute Gasteiger partial charge is 0.493 e. The van der Waals surface area contributed by atoms with Crippen LogP contribution in [0.3, 0.4) is 0 Å². The number of hydrogen-bond donors (Lipinski definition) is 1. The summed E-state index contributed by atoms with van der Waals surface area (Å²) in [4.78, 5) is 4.79. The van der Waals surface area contributed by atoms with Gasteiger partial charge in [-0.05, 0) is 72.1 Å². The Kier molecular flexibility index (Phi) is 7.02. The first-order valence-corrected chi connectivity index (χ1v) is 12.9. The molecule has 6 heteroatoms. The van der Waals surface area contributed by atoms with Gasteiger partial charge in [-0.3, -0.25) is 0 Å². The fraction of sp³-hybridized carbons (Fsp3) is 0.138. The molecule has 35 heavy (non-hydrogen) atoms. The number of methoxy groups -OCH3 is 1. The second-order valence-corrected chi connectivity index (χ2v) is 10.2. The highest BCUT2D eigenvalue weighted by molar-refractivity contribution is 9.10. The van der Waals surface area contributed by atoms with Crippen LogP contribution in [-0.2, 0) is 13.2 Å². The first kappa shape index (κ1) is 23.4. The van der Waals surface area contributed by atoms with Gasteiger partial charge in [0.15, 0.2) is 11.5 Å². The Morgan fingerprint density at radius 2 is 1.71 bits per heavy atom. The fourth-order valence-corrected chi connectivity index (χ4v) is 5.34. The molecule has 0 unspecified atom stereocenters. The topological polar surface area (TPSA) is 43.4 Å². The summed E-state index contributed by atoms with van der Waals surface area (Å²) < 4.78 is 13.8. The summed E-state index contributed by atoms with van der Waals surface area (Å²) >= 11 is 5.42. The molecular weight excluding hydrogens is 520 g/mol. The maximum Gasteiger partial charge on any atom is 0.162 e. The second kappa shape index (κ2) is 10.5. The molecule has 0 atom stereocenters. The highest BCUT2D eigenvalue weighted by atomic mass is 79.9. The highest BCUT2D eigenvalue weighted by Crippen LogP contribution is 2.35. The van der Waals surface area contributed by atoms with E-state index in [4.69, 9.17) is 14.5 Å². The molecule has 0 bridgehead atoms. The molecule has 0 radical (unpaired) electrons. The van der Waals surface area contributed by atoms with Crippen molar-refractivity contribution in [3.05, 3.63) is 106 Å². The van der Waals surface area contributed by atoms with Crippen molar-refractivity contribution in [1.82, 2.24) is 4.98 Å². The zero-order valence-electron chi connectivity index (χ0n) is 19.5. The highest BCUT2D eigenvalue weighted by Gasteiger charge is 2.11. The minimum Gasteiger partial charge on any atom is -0.493 e. The van der Waals surface area contributed by atoms with Gasteiger partial charge in [-0.2, -0.15) is 0 Å². The van der Waals surface area contributed by atoms with Crippen molar-refractivity contribution >= 4 is 43.2 Å².